The van der Waals surface area contributed by atoms with Crippen LogP contribution in [0.15, 0.2) is 0 Å². The van der Waals surface area contributed by atoms with Gasteiger partial charge in [0.1, 0.15) is 0 Å². The standard InChI is InChI=1S/C12H18ClN3O/c1-8-9(2)12(16-15-11(8)13)14-6-5-10-4-3-7-17-10/h10H,3-7H2,1-2H3,(H,14,16). The molecule has 0 aromatic carbocycles. The van der Waals surface area contributed by atoms with Gasteiger partial charge >= 0.3 is 0 Å². The lowest BCUT2D eigenvalue weighted by atomic mass is 10.1. The van der Waals surface area contributed by atoms with E-state index < -0.39 is 0 Å². The minimum atomic E-state index is 0.407. The molecule has 0 spiro atoms. The van der Waals surface area contributed by atoms with Crippen LogP contribution in [-0.4, -0.2) is 29.5 Å². The van der Waals surface area contributed by atoms with Gasteiger partial charge in [-0.1, -0.05) is 11.6 Å². The fraction of sp³-hybridized carbons (Fsp3) is 0.667. The summed E-state index contributed by atoms with van der Waals surface area (Å²) in [7, 11) is 0. The highest BCUT2D eigenvalue weighted by molar-refractivity contribution is 6.30. The highest BCUT2D eigenvalue weighted by atomic mass is 35.5. The Morgan fingerprint density at radius 1 is 1.35 bits per heavy atom. The molecule has 2 heterocycles. The Bertz CT molecular complexity index is 392. The Kier molecular flexibility index (Phi) is 4.18. The third-order valence-electron chi connectivity index (χ3n) is 3.25. The normalized spacial score (nSPS) is 19.6. The van der Waals surface area contributed by atoms with E-state index in [2.05, 4.69) is 15.5 Å². The lowest BCUT2D eigenvalue weighted by Gasteiger charge is -2.12. The van der Waals surface area contributed by atoms with Crippen molar-refractivity contribution in [2.45, 2.75) is 39.2 Å². The molecule has 2 rings (SSSR count). The second-order valence-electron chi connectivity index (χ2n) is 4.44. The molecule has 17 heavy (non-hydrogen) atoms. The first-order valence-corrected chi connectivity index (χ1v) is 6.41. The van der Waals surface area contributed by atoms with Gasteiger partial charge in [-0.2, -0.15) is 0 Å². The zero-order valence-electron chi connectivity index (χ0n) is 10.3. The average Bonchev–Trinajstić information content (AvgIpc) is 2.82. The van der Waals surface area contributed by atoms with E-state index in [0.29, 0.717) is 11.3 Å². The predicted molar refractivity (Wildman–Crippen MR) is 68.6 cm³/mol. The maximum Gasteiger partial charge on any atom is 0.155 e. The van der Waals surface area contributed by atoms with E-state index in [1.807, 2.05) is 13.8 Å². The van der Waals surface area contributed by atoms with E-state index in [-0.39, 0.29) is 0 Å². The van der Waals surface area contributed by atoms with Crippen molar-refractivity contribution >= 4 is 17.4 Å². The lowest BCUT2D eigenvalue weighted by Crippen LogP contribution is -2.14. The SMILES string of the molecule is Cc1c(Cl)nnc(NCCC2CCCO2)c1C. The molecule has 1 atom stereocenters. The van der Waals surface area contributed by atoms with E-state index in [0.717, 1.165) is 36.5 Å². The molecule has 94 valence electrons. The number of nitrogens with one attached hydrogen (secondary N) is 1. The number of anilines is 1. The molecule has 1 unspecified atom stereocenters. The topological polar surface area (TPSA) is 47.0 Å². The van der Waals surface area contributed by atoms with Crippen LogP contribution in [0.5, 0.6) is 0 Å². The van der Waals surface area contributed by atoms with E-state index in [9.17, 15) is 0 Å². The molecule has 0 aliphatic carbocycles. The van der Waals surface area contributed by atoms with Gasteiger partial charge in [0.25, 0.3) is 0 Å². The molecule has 0 saturated carbocycles. The molecule has 1 aliphatic heterocycles. The van der Waals surface area contributed by atoms with Crippen LogP contribution in [-0.2, 0) is 4.74 Å². The first kappa shape index (κ1) is 12.6. The van der Waals surface area contributed by atoms with Crippen LogP contribution in [0.4, 0.5) is 5.82 Å². The van der Waals surface area contributed by atoms with Gasteiger partial charge in [-0.25, -0.2) is 0 Å². The molecule has 4 nitrogen and oxygen atoms in total. The van der Waals surface area contributed by atoms with Crippen LogP contribution in [0.2, 0.25) is 5.15 Å². The number of halogens is 1. The molecule has 1 saturated heterocycles. The third kappa shape index (κ3) is 3.07. The van der Waals surface area contributed by atoms with Gasteiger partial charge in [-0.15, -0.1) is 10.2 Å². The number of nitrogens with zero attached hydrogens (tertiary/aromatic N) is 2. The molecule has 5 heteroatoms. The molecule has 1 fully saturated rings. The molecule has 0 radical (unpaired) electrons. The fourth-order valence-electron chi connectivity index (χ4n) is 1.97. The van der Waals surface area contributed by atoms with Crippen LogP contribution in [0.1, 0.15) is 30.4 Å². The summed E-state index contributed by atoms with van der Waals surface area (Å²) in [5.74, 6) is 0.824. The van der Waals surface area contributed by atoms with Crippen molar-refractivity contribution < 1.29 is 4.74 Å². The molecule has 0 amide bonds. The summed E-state index contributed by atoms with van der Waals surface area (Å²) < 4.78 is 5.57. The Hall–Kier alpha value is -0.870. The van der Waals surface area contributed by atoms with Crippen molar-refractivity contribution in [3.63, 3.8) is 0 Å². The van der Waals surface area contributed by atoms with Crippen LogP contribution in [0, 0.1) is 13.8 Å². The summed E-state index contributed by atoms with van der Waals surface area (Å²) in [4.78, 5) is 0. The van der Waals surface area contributed by atoms with Crippen LogP contribution >= 0.6 is 11.6 Å². The summed E-state index contributed by atoms with van der Waals surface area (Å²) in [6, 6.07) is 0. The third-order valence-corrected chi connectivity index (χ3v) is 3.61. The number of rotatable bonds is 4. The second kappa shape index (κ2) is 5.65. The molecule has 1 N–H and O–H groups in total. The molecular formula is C12H18ClN3O. The highest BCUT2D eigenvalue weighted by Crippen LogP contribution is 2.21. The van der Waals surface area contributed by atoms with Crippen LogP contribution < -0.4 is 5.32 Å². The Labute approximate surface area is 107 Å². The molecule has 0 bridgehead atoms. The largest absolute Gasteiger partial charge is 0.378 e. The van der Waals surface area contributed by atoms with Crippen LogP contribution in [0.3, 0.4) is 0 Å². The van der Waals surface area contributed by atoms with Crippen molar-refractivity contribution in [1.29, 1.82) is 0 Å². The second-order valence-corrected chi connectivity index (χ2v) is 4.80. The molecule has 1 aromatic heterocycles. The van der Waals surface area contributed by atoms with Gasteiger partial charge in [0.15, 0.2) is 11.0 Å². The predicted octanol–water partition coefficient (Wildman–Crippen LogP) is 2.73. The van der Waals surface area contributed by atoms with Crippen LogP contribution in [0.25, 0.3) is 0 Å². The van der Waals surface area contributed by atoms with Crippen molar-refractivity contribution in [2.24, 2.45) is 0 Å². The van der Waals surface area contributed by atoms with E-state index >= 15 is 0 Å². The first-order chi connectivity index (χ1) is 8.18. The monoisotopic (exact) mass is 255 g/mol. The number of hydrogen-bond donors (Lipinski definition) is 1. The average molecular weight is 256 g/mol. The summed E-state index contributed by atoms with van der Waals surface area (Å²) in [6.07, 6.45) is 3.78. The van der Waals surface area contributed by atoms with Crippen molar-refractivity contribution in [3.8, 4) is 0 Å². The Balaban J connectivity index is 1.88. The quantitative estimate of drug-likeness (QED) is 0.899. The molecule has 1 aliphatic rings. The minimum absolute atomic E-state index is 0.407. The minimum Gasteiger partial charge on any atom is -0.378 e. The smallest absolute Gasteiger partial charge is 0.155 e. The summed E-state index contributed by atoms with van der Waals surface area (Å²) >= 11 is 5.90. The van der Waals surface area contributed by atoms with Gasteiger partial charge in [-0.05, 0) is 44.2 Å². The number of aromatic nitrogens is 2. The highest BCUT2D eigenvalue weighted by Gasteiger charge is 2.15. The molecule has 1 aromatic rings. The van der Waals surface area contributed by atoms with Gasteiger partial charge < -0.3 is 10.1 Å². The maximum absolute atomic E-state index is 5.90. The Morgan fingerprint density at radius 2 is 2.18 bits per heavy atom. The van der Waals surface area contributed by atoms with Gasteiger partial charge in [0, 0.05) is 13.2 Å². The maximum atomic E-state index is 5.90. The van der Waals surface area contributed by atoms with Crippen molar-refractivity contribution in [3.05, 3.63) is 16.3 Å². The first-order valence-electron chi connectivity index (χ1n) is 6.03. The summed E-state index contributed by atoms with van der Waals surface area (Å²) in [6.45, 7) is 5.73. The van der Waals surface area contributed by atoms with E-state index in [1.54, 1.807) is 0 Å². The van der Waals surface area contributed by atoms with E-state index in [4.69, 9.17) is 16.3 Å². The van der Waals surface area contributed by atoms with Crippen molar-refractivity contribution in [2.75, 3.05) is 18.5 Å². The molecular weight excluding hydrogens is 238 g/mol. The Morgan fingerprint density at radius 3 is 2.88 bits per heavy atom. The fourth-order valence-corrected chi connectivity index (χ4v) is 2.15. The summed E-state index contributed by atoms with van der Waals surface area (Å²) in [5, 5.41) is 11.8. The van der Waals surface area contributed by atoms with Crippen molar-refractivity contribution in [1.82, 2.24) is 10.2 Å². The number of hydrogen-bond acceptors (Lipinski definition) is 4. The van der Waals surface area contributed by atoms with E-state index in [1.165, 1.54) is 12.8 Å². The zero-order valence-corrected chi connectivity index (χ0v) is 11.0. The van der Waals surface area contributed by atoms with Gasteiger partial charge in [0.05, 0.1) is 6.10 Å². The number of ether oxygens (including phenoxy) is 1. The lowest BCUT2D eigenvalue weighted by molar-refractivity contribution is 0.107. The van der Waals surface area contributed by atoms with Gasteiger partial charge in [-0.3, -0.25) is 0 Å². The zero-order chi connectivity index (χ0) is 12.3. The summed E-state index contributed by atoms with van der Waals surface area (Å²) in [5.41, 5.74) is 2.05. The van der Waals surface area contributed by atoms with Gasteiger partial charge in [0.2, 0.25) is 0 Å².